The molecule has 1 fully saturated rings. The minimum Gasteiger partial charge on any atom is -0.497 e. The molecule has 0 spiro atoms. The Balaban J connectivity index is 1.76. The van der Waals surface area contributed by atoms with Crippen molar-refractivity contribution < 1.29 is 19.1 Å². The Labute approximate surface area is 162 Å². The molecule has 27 heavy (non-hydrogen) atoms. The van der Waals surface area contributed by atoms with Crippen LogP contribution >= 0.6 is 11.8 Å². The monoisotopic (exact) mass is 386 g/mol. The number of thioether (sulfide) groups is 1. The normalized spacial score (nSPS) is 18.9. The molecule has 3 rings (SSSR count). The van der Waals surface area contributed by atoms with E-state index in [-0.39, 0.29) is 17.2 Å². The van der Waals surface area contributed by atoms with Crippen LogP contribution in [0.25, 0.3) is 0 Å². The number of carbonyl (C=O) groups excluding carboxylic acids is 2. The average Bonchev–Trinajstić information content (AvgIpc) is 3.14. The first-order valence-electron chi connectivity index (χ1n) is 8.53. The highest BCUT2D eigenvalue weighted by Gasteiger charge is 2.40. The third-order valence-corrected chi connectivity index (χ3v) is 5.75. The van der Waals surface area contributed by atoms with Gasteiger partial charge in [-0.15, -0.1) is 11.8 Å². The second kappa shape index (κ2) is 8.35. The highest BCUT2D eigenvalue weighted by atomic mass is 32.2. The lowest BCUT2D eigenvalue weighted by Gasteiger charge is -2.28. The highest BCUT2D eigenvalue weighted by molar-refractivity contribution is 7.99. The lowest BCUT2D eigenvalue weighted by atomic mass is 10.1. The molecule has 1 aliphatic rings. The number of carbonyl (C=O) groups is 2. The number of amides is 2. The number of ether oxygens (including phenoxy) is 2. The molecular formula is C20H22N2O4S. The standard InChI is InChI=1S/C20H22N2O4S/c1-13(23)22-18(19(24)21-15-6-10-17(26-3)11-7-15)12-27-20(22)14-4-8-16(25-2)9-5-14/h4-11,18,20H,12H2,1-3H3,(H,21,24)/t18-,20+/m0/s1. The number of benzene rings is 2. The molecule has 2 aromatic carbocycles. The summed E-state index contributed by atoms with van der Waals surface area (Å²) in [6.45, 7) is 1.50. The van der Waals surface area contributed by atoms with Gasteiger partial charge in [0.2, 0.25) is 11.8 Å². The number of rotatable bonds is 5. The van der Waals surface area contributed by atoms with Gasteiger partial charge in [-0.05, 0) is 42.0 Å². The van der Waals surface area contributed by atoms with Crippen molar-refractivity contribution in [2.45, 2.75) is 18.3 Å². The van der Waals surface area contributed by atoms with E-state index < -0.39 is 6.04 Å². The zero-order valence-electron chi connectivity index (χ0n) is 15.5. The summed E-state index contributed by atoms with van der Waals surface area (Å²) in [7, 11) is 3.20. The van der Waals surface area contributed by atoms with E-state index >= 15 is 0 Å². The van der Waals surface area contributed by atoms with E-state index in [9.17, 15) is 9.59 Å². The summed E-state index contributed by atoms with van der Waals surface area (Å²) in [5, 5.41) is 2.69. The van der Waals surface area contributed by atoms with Crippen LogP contribution in [0, 0.1) is 0 Å². The fourth-order valence-corrected chi connectivity index (χ4v) is 4.50. The maximum absolute atomic E-state index is 12.8. The van der Waals surface area contributed by atoms with Crippen LogP contribution < -0.4 is 14.8 Å². The molecule has 7 heteroatoms. The number of anilines is 1. The summed E-state index contributed by atoms with van der Waals surface area (Å²) in [5.41, 5.74) is 1.64. The van der Waals surface area contributed by atoms with Gasteiger partial charge in [-0.1, -0.05) is 12.1 Å². The minimum atomic E-state index is -0.526. The van der Waals surface area contributed by atoms with E-state index in [2.05, 4.69) is 5.32 Å². The largest absolute Gasteiger partial charge is 0.497 e. The summed E-state index contributed by atoms with van der Waals surface area (Å²) in [6.07, 6.45) is 0. The Hall–Kier alpha value is -2.67. The molecule has 2 aromatic rings. The first-order chi connectivity index (χ1) is 13.0. The molecule has 6 nitrogen and oxygen atoms in total. The van der Waals surface area contributed by atoms with Gasteiger partial charge in [0.25, 0.3) is 0 Å². The van der Waals surface area contributed by atoms with E-state index in [0.717, 1.165) is 11.3 Å². The zero-order valence-corrected chi connectivity index (χ0v) is 16.3. The molecule has 0 saturated carbocycles. The van der Waals surface area contributed by atoms with Crippen molar-refractivity contribution in [3.8, 4) is 11.5 Å². The summed E-state index contributed by atoms with van der Waals surface area (Å²) in [4.78, 5) is 26.7. The smallest absolute Gasteiger partial charge is 0.248 e. The number of hydrogen-bond acceptors (Lipinski definition) is 5. The maximum Gasteiger partial charge on any atom is 0.248 e. The fourth-order valence-electron chi connectivity index (χ4n) is 3.02. The number of nitrogens with one attached hydrogen (secondary N) is 1. The van der Waals surface area contributed by atoms with E-state index in [1.807, 2.05) is 24.3 Å². The molecular weight excluding hydrogens is 364 g/mol. The molecule has 2 amide bonds. The molecule has 1 aliphatic heterocycles. The maximum atomic E-state index is 12.8. The van der Waals surface area contributed by atoms with Gasteiger partial charge < -0.3 is 19.7 Å². The first kappa shape index (κ1) is 19.1. The minimum absolute atomic E-state index is 0.129. The Morgan fingerprint density at radius 1 is 1.00 bits per heavy atom. The van der Waals surface area contributed by atoms with E-state index in [1.54, 1.807) is 55.1 Å². The number of methoxy groups -OCH3 is 2. The van der Waals surface area contributed by atoms with Crippen molar-refractivity contribution in [3.63, 3.8) is 0 Å². The molecule has 0 radical (unpaired) electrons. The van der Waals surface area contributed by atoms with Crippen molar-refractivity contribution in [2.75, 3.05) is 25.3 Å². The summed E-state index contributed by atoms with van der Waals surface area (Å²) in [5.74, 6) is 1.69. The van der Waals surface area contributed by atoms with Gasteiger partial charge in [-0.2, -0.15) is 0 Å². The molecule has 0 unspecified atom stereocenters. The molecule has 142 valence electrons. The number of hydrogen-bond donors (Lipinski definition) is 1. The predicted octanol–water partition coefficient (Wildman–Crippen LogP) is 3.31. The van der Waals surface area contributed by atoms with Crippen LogP contribution in [-0.2, 0) is 9.59 Å². The molecule has 1 heterocycles. The highest BCUT2D eigenvalue weighted by Crippen LogP contribution is 2.42. The molecule has 1 saturated heterocycles. The van der Waals surface area contributed by atoms with Gasteiger partial charge in [-0.25, -0.2) is 0 Å². The van der Waals surface area contributed by atoms with E-state index in [4.69, 9.17) is 9.47 Å². The van der Waals surface area contributed by atoms with Crippen molar-refractivity contribution >= 4 is 29.3 Å². The van der Waals surface area contributed by atoms with Crippen molar-refractivity contribution in [1.29, 1.82) is 0 Å². The van der Waals surface area contributed by atoms with Crippen LogP contribution in [-0.4, -0.2) is 42.7 Å². The molecule has 2 atom stereocenters. The molecule has 0 aromatic heterocycles. The van der Waals surface area contributed by atoms with Crippen molar-refractivity contribution in [2.24, 2.45) is 0 Å². The van der Waals surface area contributed by atoms with Crippen molar-refractivity contribution in [3.05, 3.63) is 54.1 Å². The Morgan fingerprint density at radius 2 is 1.56 bits per heavy atom. The SMILES string of the molecule is COc1ccc(NC(=O)[C@@H]2CS[C@H](c3ccc(OC)cc3)N2C(C)=O)cc1. The Kier molecular flexibility index (Phi) is 5.91. The first-order valence-corrected chi connectivity index (χ1v) is 9.57. The summed E-state index contributed by atoms with van der Waals surface area (Å²) < 4.78 is 10.3. The fraction of sp³-hybridized carbons (Fsp3) is 0.300. The quantitative estimate of drug-likeness (QED) is 0.854. The number of nitrogens with zero attached hydrogens (tertiary/aromatic N) is 1. The van der Waals surface area contributed by atoms with Gasteiger partial charge in [0.15, 0.2) is 0 Å². The zero-order chi connectivity index (χ0) is 19.4. The van der Waals surface area contributed by atoms with E-state index in [1.165, 1.54) is 6.92 Å². The molecule has 0 aliphatic carbocycles. The van der Waals surface area contributed by atoms with Gasteiger partial charge >= 0.3 is 0 Å². The molecule has 1 N–H and O–H groups in total. The Bertz CT molecular complexity index is 808. The second-order valence-electron chi connectivity index (χ2n) is 6.12. The van der Waals surface area contributed by atoms with Crippen LogP contribution in [0.3, 0.4) is 0 Å². The van der Waals surface area contributed by atoms with E-state index in [0.29, 0.717) is 17.2 Å². The van der Waals surface area contributed by atoms with Crippen LogP contribution in [0.5, 0.6) is 11.5 Å². The van der Waals surface area contributed by atoms with Crippen molar-refractivity contribution in [1.82, 2.24) is 4.90 Å². The average molecular weight is 386 g/mol. The topological polar surface area (TPSA) is 67.9 Å². The van der Waals surface area contributed by atoms with Gasteiger partial charge in [-0.3, -0.25) is 9.59 Å². The van der Waals surface area contributed by atoms with Gasteiger partial charge in [0, 0.05) is 18.4 Å². The lowest BCUT2D eigenvalue weighted by Crippen LogP contribution is -2.44. The van der Waals surface area contributed by atoms with Gasteiger partial charge in [0.05, 0.1) is 14.2 Å². The van der Waals surface area contributed by atoms with Crippen LogP contribution in [0.4, 0.5) is 5.69 Å². The van der Waals surface area contributed by atoms with Gasteiger partial charge in [0.1, 0.15) is 22.9 Å². The third-order valence-electron chi connectivity index (χ3n) is 4.43. The second-order valence-corrected chi connectivity index (χ2v) is 7.23. The van der Waals surface area contributed by atoms with Crippen LogP contribution in [0.1, 0.15) is 17.9 Å². The van der Waals surface area contributed by atoms with Crippen LogP contribution in [0.15, 0.2) is 48.5 Å². The predicted molar refractivity (Wildman–Crippen MR) is 106 cm³/mol. The van der Waals surface area contributed by atoms with Crippen LogP contribution in [0.2, 0.25) is 0 Å². The lowest BCUT2D eigenvalue weighted by molar-refractivity contribution is -0.136. The third kappa shape index (κ3) is 4.19. The Morgan fingerprint density at radius 3 is 2.07 bits per heavy atom. The molecule has 0 bridgehead atoms. The summed E-state index contributed by atoms with van der Waals surface area (Å²) in [6, 6.07) is 14.2. The summed E-state index contributed by atoms with van der Waals surface area (Å²) >= 11 is 1.58.